The zero-order valence-corrected chi connectivity index (χ0v) is 14.3. The number of piperidine rings is 1. The largest absolute Gasteiger partial charge is 0.486 e. The summed E-state index contributed by atoms with van der Waals surface area (Å²) in [5.41, 5.74) is -0.143. The Hall–Kier alpha value is -1.95. The number of hydrogen-bond acceptors (Lipinski definition) is 4. The van der Waals surface area contributed by atoms with Gasteiger partial charge in [-0.15, -0.1) is 0 Å². The van der Waals surface area contributed by atoms with Gasteiger partial charge in [0.2, 0.25) is 5.91 Å². The fraction of sp³-hybridized carbons (Fsp3) is 0.529. The van der Waals surface area contributed by atoms with Crippen molar-refractivity contribution in [1.82, 2.24) is 4.90 Å². The molecule has 2 aliphatic rings. The highest BCUT2D eigenvalue weighted by Crippen LogP contribution is 2.38. The Morgan fingerprint density at radius 3 is 2.83 bits per heavy atom. The van der Waals surface area contributed by atoms with E-state index in [4.69, 9.17) is 21.1 Å². The summed E-state index contributed by atoms with van der Waals surface area (Å²) in [6, 6.07) is 3.46. The van der Waals surface area contributed by atoms with Gasteiger partial charge < -0.3 is 19.5 Å². The average Bonchev–Trinajstić information content (AvgIpc) is 2.55. The van der Waals surface area contributed by atoms with Crippen molar-refractivity contribution in [3.8, 4) is 11.5 Å². The Morgan fingerprint density at radius 1 is 1.33 bits per heavy atom. The summed E-state index contributed by atoms with van der Waals surface area (Å²) in [6.07, 6.45) is 1.43. The molecule has 2 heterocycles. The molecule has 1 amide bonds. The lowest BCUT2D eigenvalue weighted by Crippen LogP contribution is -2.48. The molecule has 1 saturated heterocycles. The lowest BCUT2D eigenvalue weighted by molar-refractivity contribution is -0.153. The van der Waals surface area contributed by atoms with Crippen molar-refractivity contribution < 1.29 is 24.2 Å². The second-order valence-corrected chi connectivity index (χ2v) is 6.97. The molecule has 24 heavy (non-hydrogen) atoms. The van der Waals surface area contributed by atoms with E-state index in [1.807, 2.05) is 0 Å². The summed E-state index contributed by atoms with van der Waals surface area (Å²) in [5.74, 6) is 0.0957. The number of carbonyl (C=O) groups is 2. The van der Waals surface area contributed by atoms with Crippen molar-refractivity contribution in [2.75, 3.05) is 26.3 Å². The maximum absolute atomic E-state index is 12.6. The number of fused-ring (bicyclic) bond motifs is 1. The molecule has 1 unspecified atom stereocenters. The molecule has 1 atom stereocenters. The second kappa shape index (κ2) is 6.51. The van der Waals surface area contributed by atoms with Crippen molar-refractivity contribution in [2.24, 2.45) is 5.41 Å². The molecule has 0 aliphatic carbocycles. The Balaban J connectivity index is 1.73. The maximum atomic E-state index is 12.6. The van der Waals surface area contributed by atoms with Gasteiger partial charge in [0.25, 0.3) is 0 Å². The average molecular weight is 354 g/mol. The smallest absolute Gasteiger partial charge is 0.311 e. The molecule has 0 bridgehead atoms. The molecule has 0 aromatic heterocycles. The molecule has 0 radical (unpaired) electrons. The van der Waals surface area contributed by atoms with E-state index in [9.17, 15) is 14.7 Å². The summed E-state index contributed by atoms with van der Waals surface area (Å²) in [6.45, 7) is 3.41. The minimum absolute atomic E-state index is 0.102. The van der Waals surface area contributed by atoms with Crippen LogP contribution in [0.3, 0.4) is 0 Å². The van der Waals surface area contributed by atoms with Gasteiger partial charge in [-0.3, -0.25) is 9.59 Å². The SMILES string of the molecule is CC1(C(=O)O)CCCN(C(=O)Cc2cc(Cl)c3c(c2)OCCO3)C1. The number of amides is 1. The van der Waals surface area contributed by atoms with E-state index in [1.54, 1.807) is 24.0 Å². The van der Waals surface area contributed by atoms with Crippen LogP contribution in [0.1, 0.15) is 25.3 Å². The zero-order valence-electron chi connectivity index (χ0n) is 13.5. The lowest BCUT2D eigenvalue weighted by atomic mass is 9.82. The number of likely N-dealkylation sites (tertiary alicyclic amines) is 1. The molecule has 1 N–H and O–H groups in total. The van der Waals surface area contributed by atoms with Gasteiger partial charge in [0.15, 0.2) is 11.5 Å². The first-order chi connectivity index (χ1) is 11.4. The Kier molecular flexibility index (Phi) is 4.58. The summed E-state index contributed by atoms with van der Waals surface area (Å²) in [5, 5.41) is 9.79. The normalized spacial score (nSPS) is 23.0. The number of carbonyl (C=O) groups excluding carboxylic acids is 1. The van der Waals surface area contributed by atoms with Crippen molar-refractivity contribution in [1.29, 1.82) is 0 Å². The third-order valence-corrected chi connectivity index (χ3v) is 4.86. The van der Waals surface area contributed by atoms with E-state index in [-0.39, 0.29) is 18.9 Å². The number of halogens is 1. The molecular weight excluding hydrogens is 334 g/mol. The molecule has 130 valence electrons. The van der Waals surface area contributed by atoms with E-state index >= 15 is 0 Å². The van der Waals surface area contributed by atoms with Crippen molar-refractivity contribution in [3.63, 3.8) is 0 Å². The molecule has 0 saturated carbocycles. The van der Waals surface area contributed by atoms with E-state index < -0.39 is 11.4 Å². The summed E-state index contributed by atoms with van der Waals surface area (Å²) in [7, 11) is 0. The number of carboxylic acids is 1. The van der Waals surface area contributed by atoms with Crippen LogP contribution in [0.2, 0.25) is 5.02 Å². The highest BCUT2D eigenvalue weighted by atomic mass is 35.5. The van der Waals surface area contributed by atoms with Crippen LogP contribution in [0.4, 0.5) is 0 Å². The molecule has 1 fully saturated rings. The van der Waals surface area contributed by atoms with Crippen molar-refractivity contribution in [2.45, 2.75) is 26.2 Å². The number of aliphatic carboxylic acids is 1. The Morgan fingerprint density at radius 2 is 2.08 bits per heavy atom. The summed E-state index contributed by atoms with van der Waals surface area (Å²) in [4.78, 5) is 25.6. The zero-order chi connectivity index (χ0) is 17.3. The quantitative estimate of drug-likeness (QED) is 0.902. The highest BCUT2D eigenvalue weighted by Gasteiger charge is 2.39. The predicted octanol–water partition coefficient (Wildman–Crippen LogP) is 2.37. The van der Waals surface area contributed by atoms with Crippen molar-refractivity contribution in [3.05, 3.63) is 22.7 Å². The monoisotopic (exact) mass is 353 g/mol. The molecule has 6 nitrogen and oxygen atoms in total. The van der Waals surface area contributed by atoms with Crippen LogP contribution in [0.15, 0.2) is 12.1 Å². The third kappa shape index (κ3) is 3.29. The fourth-order valence-corrected chi connectivity index (χ4v) is 3.47. The molecule has 2 aliphatic heterocycles. The van der Waals surface area contributed by atoms with Gasteiger partial charge >= 0.3 is 5.97 Å². The summed E-state index contributed by atoms with van der Waals surface area (Å²) >= 11 is 6.20. The van der Waals surface area contributed by atoms with Gasteiger partial charge in [-0.25, -0.2) is 0 Å². The first kappa shape index (κ1) is 16.9. The number of rotatable bonds is 3. The number of ether oxygens (including phenoxy) is 2. The number of nitrogens with zero attached hydrogens (tertiary/aromatic N) is 1. The molecule has 1 aromatic rings. The number of benzene rings is 1. The maximum Gasteiger partial charge on any atom is 0.311 e. The van der Waals surface area contributed by atoms with Gasteiger partial charge in [0, 0.05) is 13.1 Å². The first-order valence-electron chi connectivity index (χ1n) is 7.98. The van der Waals surface area contributed by atoms with E-state index in [2.05, 4.69) is 0 Å². The number of carboxylic acid groups (broad SMARTS) is 1. The van der Waals surface area contributed by atoms with Gasteiger partial charge in [0.1, 0.15) is 13.2 Å². The standard InChI is InChI=1S/C17H20ClNO5/c1-17(16(21)22)3-2-4-19(10-17)14(20)9-11-7-12(18)15-13(8-11)23-5-6-24-15/h7-8H,2-6,9-10H2,1H3,(H,21,22). The van der Waals surface area contributed by atoms with Gasteiger partial charge in [-0.1, -0.05) is 11.6 Å². The molecule has 3 rings (SSSR count). The van der Waals surface area contributed by atoms with Crippen LogP contribution in [0, 0.1) is 5.41 Å². The Bertz CT molecular complexity index is 677. The number of hydrogen-bond donors (Lipinski definition) is 1. The topological polar surface area (TPSA) is 76.1 Å². The van der Waals surface area contributed by atoms with Crippen LogP contribution in [-0.2, 0) is 16.0 Å². The minimum Gasteiger partial charge on any atom is -0.486 e. The highest BCUT2D eigenvalue weighted by molar-refractivity contribution is 6.32. The van der Waals surface area contributed by atoms with Gasteiger partial charge in [-0.2, -0.15) is 0 Å². The molecule has 7 heteroatoms. The van der Waals surface area contributed by atoms with Crippen LogP contribution >= 0.6 is 11.6 Å². The minimum atomic E-state index is -0.877. The van der Waals surface area contributed by atoms with Crippen LogP contribution in [-0.4, -0.2) is 48.2 Å². The van der Waals surface area contributed by atoms with Crippen LogP contribution < -0.4 is 9.47 Å². The van der Waals surface area contributed by atoms with Crippen LogP contribution in [0.25, 0.3) is 0 Å². The van der Waals surface area contributed by atoms with E-state index in [0.29, 0.717) is 49.1 Å². The van der Waals surface area contributed by atoms with E-state index in [0.717, 1.165) is 5.56 Å². The summed E-state index contributed by atoms with van der Waals surface area (Å²) < 4.78 is 11.0. The first-order valence-corrected chi connectivity index (χ1v) is 8.36. The fourth-order valence-electron chi connectivity index (χ4n) is 3.18. The lowest BCUT2D eigenvalue weighted by Gasteiger charge is -2.37. The van der Waals surface area contributed by atoms with E-state index in [1.165, 1.54) is 0 Å². The Labute approximate surface area is 145 Å². The second-order valence-electron chi connectivity index (χ2n) is 6.56. The van der Waals surface area contributed by atoms with Crippen molar-refractivity contribution >= 4 is 23.5 Å². The predicted molar refractivity (Wildman–Crippen MR) is 87.7 cm³/mol. The van der Waals surface area contributed by atoms with Gasteiger partial charge in [0.05, 0.1) is 16.9 Å². The molecule has 0 spiro atoms. The van der Waals surface area contributed by atoms with Gasteiger partial charge in [-0.05, 0) is 37.5 Å². The third-order valence-electron chi connectivity index (χ3n) is 4.58. The molecular formula is C17H20ClNO5. The van der Waals surface area contributed by atoms with Crippen LogP contribution in [0.5, 0.6) is 11.5 Å². The molecule has 1 aromatic carbocycles.